The van der Waals surface area contributed by atoms with Crippen LogP contribution in [0.5, 0.6) is 0 Å². The molecule has 8 atom stereocenters. The van der Waals surface area contributed by atoms with Gasteiger partial charge in [0.05, 0.1) is 6.10 Å². The van der Waals surface area contributed by atoms with Crippen molar-refractivity contribution in [2.45, 2.75) is 103 Å². The highest BCUT2D eigenvalue weighted by molar-refractivity contribution is 5.98. The summed E-state index contributed by atoms with van der Waals surface area (Å²) in [5, 5.41) is 21.5. The number of Topliss-reactive ketones (excluding diaryl/α,β-unsaturated/α-hetero) is 1. The van der Waals surface area contributed by atoms with Gasteiger partial charge in [0.25, 0.3) is 0 Å². The van der Waals surface area contributed by atoms with Crippen LogP contribution in [0, 0.1) is 29.1 Å². The molecule has 1 saturated heterocycles. The third kappa shape index (κ3) is 3.76. The van der Waals surface area contributed by atoms with Crippen LogP contribution in [0.4, 0.5) is 0 Å². The molecule has 32 heavy (non-hydrogen) atoms. The molecule has 2 N–H and O–H groups in total. The largest absolute Gasteiger partial charge is 0.393 e. The zero-order valence-electron chi connectivity index (χ0n) is 20.6. The van der Waals surface area contributed by atoms with E-state index in [4.69, 9.17) is 4.74 Å². The van der Waals surface area contributed by atoms with E-state index in [2.05, 4.69) is 53.3 Å². The third-order valence-electron chi connectivity index (χ3n) is 9.37. The molecule has 0 aromatic heterocycles. The summed E-state index contributed by atoms with van der Waals surface area (Å²) in [6.07, 6.45) is 7.86. The minimum Gasteiger partial charge on any atom is -0.393 e. The Labute approximate surface area is 193 Å². The van der Waals surface area contributed by atoms with E-state index in [1.807, 2.05) is 0 Å². The lowest BCUT2D eigenvalue weighted by molar-refractivity contribution is -0.117. The minimum absolute atomic E-state index is 0.0791. The summed E-state index contributed by atoms with van der Waals surface area (Å²) in [6.45, 7) is 15.6. The Bertz CT molecular complexity index is 838. The summed E-state index contributed by atoms with van der Waals surface area (Å²) >= 11 is 0. The van der Waals surface area contributed by atoms with Gasteiger partial charge in [-0.05, 0) is 55.8 Å². The number of ketones is 1. The lowest BCUT2D eigenvalue weighted by Gasteiger charge is -2.47. The van der Waals surface area contributed by atoms with Crippen LogP contribution in [-0.4, -0.2) is 39.9 Å². The molecule has 4 heteroatoms. The van der Waals surface area contributed by atoms with Gasteiger partial charge in [0.15, 0.2) is 5.78 Å². The van der Waals surface area contributed by atoms with Gasteiger partial charge in [0.1, 0.15) is 17.8 Å². The van der Waals surface area contributed by atoms with Crippen molar-refractivity contribution in [1.29, 1.82) is 0 Å². The Morgan fingerprint density at radius 3 is 2.50 bits per heavy atom. The molecule has 0 unspecified atom stereocenters. The molecule has 4 nitrogen and oxygen atoms in total. The first kappa shape index (κ1) is 23.9. The van der Waals surface area contributed by atoms with Crippen molar-refractivity contribution in [3.63, 3.8) is 0 Å². The molecule has 2 fully saturated rings. The highest BCUT2D eigenvalue weighted by Crippen LogP contribution is 2.67. The van der Waals surface area contributed by atoms with Gasteiger partial charge in [-0.2, -0.15) is 0 Å². The second-order valence-electron chi connectivity index (χ2n) is 11.6. The van der Waals surface area contributed by atoms with Crippen LogP contribution in [0.1, 0.15) is 79.6 Å². The first-order valence-corrected chi connectivity index (χ1v) is 12.7. The van der Waals surface area contributed by atoms with Crippen molar-refractivity contribution < 1.29 is 19.7 Å². The number of carbonyl (C=O) groups excluding carboxylic acids is 1. The zero-order valence-corrected chi connectivity index (χ0v) is 20.6. The van der Waals surface area contributed by atoms with Crippen molar-refractivity contribution >= 4 is 5.78 Å². The number of aliphatic hydroxyl groups excluding tert-OH is 2. The molecule has 0 aromatic carbocycles. The molecule has 4 aliphatic rings. The Balaban J connectivity index is 1.60. The molecule has 1 saturated carbocycles. The quantitative estimate of drug-likeness (QED) is 0.467. The second kappa shape index (κ2) is 8.52. The monoisotopic (exact) mass is 442 g/mol. The maximum Gasteiger partial charge on any atom is 0.161 e. The van der Waals surface area contributed by atoms with Crippen LogP contribution in [0.25, 0.3) is 0 Å². The molecular formula is C28H42O4. The van der Waals surface area contributed by atoms with Crippen molar-refractivity contribution in [2.24, 2.45) is 29.1 Å². The average molecular weight is 443 g/mol. The fourth-order valence-corrected chi connectivity index (χ4v) is 6.68. The predicted octanol–water partition coefficient (Wildman–Crippen LogP) is 5.15. The molecule has 178 valence electrons. The maximum absolute atomic E-state index is 13.5. The summed E-state index contributed by atoms with van der Waals surface area (Å²) in [4.78, 5) is 13.5. The van der Waals surface area contributed by atoms with Crippen LogP contribution >= 0.6 is 0 Å². The van der Waals surface area contributed by atoms with Gasteiger partial charge in [0.2, 0.25) is 0 Å². The number of rotatable bonds is 4. The molecule has 1 aliphatic heterocycles. The highest BCUT2D eigenvalue weighted by Gasteiger charge is 2.74. The van der Waals surface area contributed by atoms with E-state index in [0.29, 0.717) is 36.2 Å². The van der Waals surface area contributed by atoms with Crippen LogP contribution in [0.3, 0.4) is 0 Å². The van der Waals surface area contributed by atoms with Gasteiger partial charge in [-0.15, -0.1) is 0 Å². The summed E-state index contributed by atoms with van der Waals surface area (Å²) in [5.74, 6) is 1.82. The zero-order chi connectivity index (χ0) is 23.4. The standard InChI is InChI=1S/C28H42O4/c1-16(2)17(3)7-8-18(4)21-10-12-23(30)24-22(11-9-19(21)5)27(6)14-13-20(29)15-28(27)26(32-28)25(24)31/h7-8,16-18,20-21,25-26,29,31H,5,9-15H2,1-4,6H3/b8-7+/t17-,18+,20-,21+,25-,26-,27+,28-/m0/s1. The van der Waals surface area contributed by atoms with Crippen LogP contribution < -0.4 is 0 Å². The molecular weight excluding hydrogens is 400 g/mol. The molecule has 4 rings (SSSR count). The number of aliphatic hydroxyl groups is 2. The SMILES string of the molecule is C=C1CCC2=C(C(=O)CC[C@@H]1[C@H](C)/C=C/[C@H](C)C(C)C)[C@H](O)[C@@H]1O[C@@]13C[C@@H](O)CC[C@]23C. The minimum atomic E-state index is -0.870. The fraction of sp³-hybridized carbons (Fsp3) is 0.750. The van der Waals surface area contributed by atoms with E-state index in [9.17, 15) is 15.0 Å². The normalized spacial score (nSPS) is 42.0. The highest BCUT2D eigenvalue weighted by atomic mass is 16.6. The number of carbonyl (C=O) groups is 1. The van der Waals surface area contributed by atoms with E-state index in [1.54, 1.807) is 0 Å². The van der Waals surface area contributed by atoms with Crippen LogP contribution in [0.2, 0.25) is 0 Å². The Hall–Kier alpha value is -1.23. The topological polar surface area (TPSA) is 70.1 Å². The van der Waals surface area contributed by atoms with Crippen molar-refractivity contribution in [3.05, 3.63) is 35.5 Å². The lowest BCUT2D eigenvalue weighted by atomic mass is 9.55. The Kier molecular flexibility index (Phi) is 6.37. The number of ether oxygens (including phenoxy) is 1. The number of fused-ring (bicyclic) bond motifs is 1. The van der Waals surface area contributed by atoms with E-state index in [0.717, 1.165) is 37.7 Å². The molecule has 0 amide bonds. The average Bonchev–Trinajstić information content (AvgIpc) is 3.45. The van der Waals surface area contributed by atoms with Crippen LogP contribution in [0.15, 0.2) is 35.5 Å². The molecule has 1 heterocycles. The first-order valence-electron chi connectivity index (χ1n) is 12.7. The van der Waals surface area contributed by atoms with Gasteiger partial charge in [-0.3, -0.25) is 4.79 Å². The van der Waals surface area contributed by atoms with E-state index in [1.165, 1.54) is 5.57 Å². The van der Waals surface area contributed by atoms with Gasteiger partial charge in [-0.1, -0.05) is 64.5 Å². The van der Waals surface area contributed by atoms with E-state index < -0.39 is 17.8 Å². The summed E-state index contributed by atoms with van der Waals surface area (Å²) in [6, 6.07) is 0. The fourth-order valence-electron chi connectivity index (χ4n) is 6.68. The Morgan fingerprint density at radius 2 is 1.81 bits per heavy atom. The van der Waals surface area contributed by atoms with Crippen molar-refractivity contribution in [2.75, 3.05) is 0 Å². The summed E-state index contributed by atoms with van der Waals surface area (Å²) < 4.78 is 6.13. The Morgan fingerprint density at radius 1 is 1.09 bits per heavy atom. The summed E-state index contributed by atoms with van der Waals surface area (Å²) in [7, 11) is 0. The van der Waals surface area contributed by atoms with Gasteiger partial charge < -0.3 is 14.9 Å². The second-order valence-corrected chi connectivity index (χ2v) is 11.6. The molecule has 3 aliphatic carbocycles. The van der Waals surface area contributed by atoms with Crippen molar-refractivity contribution in [1.82, 2.24) is 0 Å². The van der Waals surface area contributed by atoms with Crippen LogP contribution in [-0.2, 0) is 9.53 Å². The maximum atomic E-state index is 13.5. The smallest absolute Gasteiger partial charge is 0.161 e. The summed E-state index contributed by atoms with van der Waals surface area (Å²) in [5.41, 5.74) is 2.10. The third-order valence-corrected chi connectivity index (χ3v) is 9.37. The molecule has 1 spiro atoms. The van der Waals surface area contributed by atoms with Crippen molar-refractivity contribution in [3.8, 4) is 0 Å². The van der Waals surface area contributed by atoms with Gasteiger partial charge >= 0.3 is 0 Å². The number of allylic oxidation sites excluding steroid dienone is 3. The van der Waals surface area contributed by atoms with E-state index >= 15 is 0 Å². The predicted molar refractivity (Wildman–Crippen MR) is 127 cm³/mol. The first-order chi connectivity index (χ1) is 15.0. The lowest BCUT2D eigenvalue weighted by Crippen LogP contribution is -2.52. The molecule has 0 aromatic rings. The number of epoxide rings is 1. The number of hydrogen-bond acceptors (Lipinski definition) is 4. The van der Waals surface area contributed by atoms with Gasteiger partial charge in [-0.25, -0.2) is 0 Å². The van der Waals surface area contributed by atoms with Gasteiger partial charge in [0, 0.05) is 23.8 Å². The molecule has 0 radical (unpaired) electrons. The molecule has 0 bridgehead atoms. The van der Waals surface area contributed by atoms with E-state index in [-0.39, 0.29) is 23.2 Å². The number of hydrogen-bond donors (Lipinski definition) is 2.